The molecule has 0 unspecified atom stereocenters. The van der Waals surface area contributed by atoms with Crippen molar-refractivity contribution in [3.8, 4) is 0 Å². The first-order valence-electron chi connectivity index (χ1n) is 13.0. The normalized spacial score (nSPS) is 36.8. The van der Waals surface area contributed by atoms with Crippen LogP contribution in [-0.2, 0) is 23.7 Å². The van der Waals surface area contributed by atoms with E-state index in [1.807, 2.05) is 0 Å². The van der Waals surface area contributed by atoms with E-state index in [4.69, 9.17) is 18.9 Å². The largest absolute Gasteiger partial charge is 0.456 e. The molecule has 0 spiro atoms. The van der Waals surface area contributed by atoms with E-state index in [-0.39, 0.29) is 6.42 Å². The molecule has 2 aliphatic heterocycles. The molecule has 2 saturated heterocycles. The van der Waals surface area contributed by atoms with Crippen LogP contribution in [0.1, 0.15) is 71.1 Å². The summed E-state index contributed by atoms with van der Waals surface area (Å²) >= 11 is 0. The highest BCUT2D eigenvalue weighted by atomic mass is 16.8. The maximum absolute atomic E-state index is 12.4. The Morgan fingerprint density at radius 1 is 0.806 bits per heavy atom. The summed E-state index contributed by atoms with van der Waals surface area (Å²) in [6, 6.07) is 0. The summed E-state index contributed by atoms with van der Waals surface area (Å²) in [4.78, 5) is 12.4. The van der Waals surface area contributed by atoms with Crippen LogP contribution < -0.4 is 0 Å². The molecular weight excluding hydrogens is 480 g/mol. The molecular formula is C24H44O12. The number of hydrogen-bond acceptors (Lipinski definition) is 12. The van der Waals surface area contributed by atoms with Gasteiger partial charge in [0.2, 0.25) is 5.79 Å². The Bertz CT molecular complexity index is 636. The molecule has 0 radical (unpaired) electrons. The highest BCUT2D eigenvalue weighted by Crippen LogP contribution is 2.36. The number of ether oxygens (including phenoxy) is 4. The van der Waals surface area contributed by atoms with E-state index in [9.17, 15) is 40.5 Å². The smallest absolute Gasteiger partial charge is 0.306 e. The van der Waals surface area contributed by atoms with E-state index in [1.54, 1.807) is 0 Å². The molecule has 0 saturated carbocycles. The van der Waals surface area contributed by atoms with Gasteiger partial charge in [0.15, 0.2) is 12.4 Å². The quantitative estimate of drug-likeness (QED) is 0.0970. The Hall–Kier alpha value is -0.930. The van der Waals surface area contributed by atoms with Crippen LogP contribution in [0.5, 0.6) is 0 Å². The molecule has 0 bridgehead atoms. The van der Waals surface area contributed by atoms with E-state index in [2.05, 4.69) is 6.92 Å². The highest BCUT2D eigenvalue weighted by molar-refractivity contribution is 5.69. The fourth-order valence-electron chi connectivity index (χ4n) is 4.55. The third-order valence-electron chi connectivity index (χ3n) is 6.80. The zero-order valence-corrected chi connectivity index (χ0v) is 21.0. The van der Waals surface area contributed by atoms with Crippen LogP contribution in [0.15, 0.2) is 0 Å². The second kappa shape index (κ2) is 15.5. The molecule has 0 aliphatic carbocycles. The highest BCUT2D eigenvalue weighted by Gasteiger charge is 2.58. The third kappa shape index (κ3) is 8.03. The summed E-state index contributed by atoms with van der Waals surface area (Å²) in [6.45, 7) is -0.206. The Labute approximate surface area is 211 Å². The van der Waals surface area contributed by atoms with Crippen molar-refractivity contribution in [2.75, 3.05) is 19.8 Å². The lowest BCUT2D eigenvalue weighted by molar-refractivity contribution is -0.383. The topological polar surface area (TPSA) is 196 Å². The summed E-state index contributed by atoms with van der Waals surface area (Å²) in [5, 5.41) is 70.3. The maximum Gasteiger partial charge on any atom is 0.306 e. The van der Waals surface area contributed by atoms with Crippen molar-refractivity contribution in [2.45, 2.75) is 126 Å². The SMILES string of the molecule is CCCCCCCCCCCC(=O)O[C@@H]1[C@@H](O)[C@@H](O[C@]2(CO)O[C@H](CO)[C@@H](O)[C@@H]2O)O[C@H](CO)[C@H]1O. The van der Waals surface area contributed by atoms with Crippen molar-refractivity contribution in [3.63, 3.8) is 0 Å². The zero-order chi connectivity index (χ0) is 26.7. The summed E-state index contributed by atoms with van der Waals surface area (Å²) in [7, 11) is 0. The van der Waals surface area contributed by atoms with Crippen molar-refractivity contribution in [1.29, 1.82) is 0 Å². The Kier molecular flexibility index (Phi) is 13.4. The van der Waals surface area contributed by atoms with E-state index >= 15 is 0 Å². The van der Waals surface area contributed by atoms with Gasteiger partial charge in [0, 0.05) is 6.42 Å². The minimum Gasteiger partial charge on any atom is -0.456 e. The van der Waals surface area contributed by atoms with Gasteiger partial charge in [0.1, 0.15) is 43.2 Å². The molecule has 36 heavy (non-hydrogen) atoms. The van der Waals surface area contributed by atoms with Gasteiger partial charge in [-0.3, -0.25) is 4.79 Å². The molecule has 2 heterocycles. The average molecular weight is 525 g/mol. The fraction of sp³-hybridized carbons (Fsp3) is 0.958. The lowest BCUT2D eigenvalue weighted by atomic mass is 9.98. The summed E-state index contributed by atoms with van der Waals surface area (Å²) in [5.41, 5.74) is 0. The summed E-state index contributed by atoms with van der Waals surface area (Å²) in [6.07, 6.45) is -2.96. The number of esters is 1. The van der Waals surface area contributed by atoms with E-state index in [0.717, 1.165) is 19.3 Å². The van der Waals surface area contributed by atoms with Gasteiger partial charge in [0.25, 0.3) is 0 Å². The summed E-state index contributed by atoms with van der Waals surface area (Å²) in [5.74, 6) is -2.92. The number of hydrogen-bond donors (Lipinski definition) is 7. The van der Waals surface area contributed by atoms with Crippen LogP contribution in [0.4, 0.5) is 0 Å². The first-order chi connectivity index (χ1) is 17.2. The molecule has 2 rings (SSSR count). The van der Waals surface area contributed by atoms with E-state index < -0.39 is 80.6 Å². The van der Waals surface area contributed by atoms with Crippen LogP contribution in [0.25, 0.3) is 0 Å². The van der Waals surface area contributed by atoms with E-state index in [1.165, 1.54) is 32.1 Å². The van der Waals surface area contributed by atoms with Crippen molar-refractivity contribution in [2.24, 2.45) is 0 Å². The molecule has 9 atom stereocenters. The molecule has 2 aliphatic rings. The van der Waals surface area contributed by atoms with Crippen LogP contribution >= 0.6 is 0 Å². The molecule has 12 nitrogen and oxygen atoms in total. The van der Waals surface area contributed by atoms with Gasteiger partial charge in [-0.05, 0) is 6.42 Å². The van der Waals surface area contributed by atoms with Crippen molar-refractivity contribution in [3.05, 3.63) is 0 Å². The van der Waals surface area contributed by atoms with Crippen LogP contribution in [-0.4, -0.2) is 116 Å². The van der Waals surface area contributed by atoms with Crippen molar-refractivity contribution in [1.82, 2.24) is 0 Å². The lowest BCUT2D eigenvalue weighted by Gasteiger charge is -2.44. The monoisotopic (exact) mass is 524 g/mol. The second-order valence-electron chi connectivity index (χ2n) is 9.60. The molecule has 0 aromatic rings. The van der Waals surface area contributed by atoms with Crippen LogP contribution in [0.2, 0.25) is 0 Å². The third-order valence-corrected chi connectivity index (χ3v) is 6.80. The number of aliphatic hydroxyl groups is 7. The number of carbonyl (C=O) groups excluding carboxylic acids is 1. The predicted molar refractivity (Wildman–Crippen MR) is 124 cm³/mol. The van der Waals surface area contributed by atoms with Gasteiger partial charge in [-0.25, -0.2) is 0 Å². The molecule has 0 aromatic heterocycles. The van der Waals surface area contributed by atoms with Gasteiger partial charge >= 0.3 is 5.97 Å². The standard InChI is InChI=1S/C24H44O12/c1-2-3-4-5-6-7-8-9-10-11-17(28)34-21-18(29)15(12-25)33-23(20(21)31)36-24(14-27)22(32)19(30)16(13-26)35-24/h15-16,18-23,25-27,29-32H,2-14H2,1H3/t15-,16-,18-,19-,20-,21+,22+,23-,24+/m1/s1. The van der Waals surface area contributed by atoms with Gasteiger partial charge in [-0.15, -0.1) is 0 Å². The number of carbonyl (C=O) groups is 1. The van der Waals surface area contributed by atoms with Crippen LogP contribution in [0.3, 0.4) is 0 Å². The molecule has 212 valence electrons. The van der Waals surface area contributed by atoms with Gasteiger partial charge in [0.05, 0.1) is 13.2 Å². The first-order valence-corrected chi connectivity index (χ1v) is 13.0. The van der Waals surface area contributed by atoms with Crippen molar-refractivity contribution < 1.29 is 59.5 Å². The van der Waals surface area contributed by atoms with Gasteiger partial charge in [-0.1, -0.05) is 58.3 Å². The Morgan fingerprint density at radius 2 is 1.39 bits per heavy atom. The molecule has 0 amide bonds. The average Bonchev–Trinajstić information content (AvgIpc) is 3.12. The molecule has 12 heteroatoms. The van der Waals surface area contributed by atoms with Gasteiger partial charge in [-0.2, -0.15) is 0 Å². The van der Waals surface area contributed by atoms with E-state index in [0.29, 0.717) is 6.42 Å². The number of unbranched alkanes of at least 4 members (excludes halogenated alkanes) is 8. The van der Waals surface area contributed by atoms with Crippen molar-refractivity contribution >= 4 is 5.97 Å². The minimum absolute atomic E-state index is 0.0781. The first kappa shape index (κ1) is 31.3. The zero-order valence-electron chi connectivity index (χ0n) is 21.0. The maximum atomic E-state index is 12.4. The lowest BCUT2D eigenvalue weighted by Crippen LogP contribution is -2.63. The number of rotatable bonds is 16. The molecule has 0 aromatic carbocycles. The Morgan fingerprint density at radius 3 is 1.92 bits per heavy atom. The van der Waals surface area contributed by atoms with Gasteiger partial charge < -0.3 is 54.7 Å². The summed E-state index contributed by atoms with van der Waals surface area (Å²) < 4.78 is 21.5. The predicted octanol–water partition coefficient (Wildman–Crippen LogP) is -0.924. The molecule has 7 N–H and O–H groups in total. The second-order valence-corrected chi connectivity index (χ2v) is 9.60. The number of aliphatic hydroxyl groups excluding tert-OH is 7. The fourth-order valence-corrected chi connectivity index (χ4v) is 4.55. The Balaban J connectivity index is 1.91. The minimum atomic E-state index is -2.27. The molecule has 2 fully saturated rings. The van der Waals surface area contributed by atoms with Crippen LogP contribution in [0, 0.1) is 0 Å².